The number of hydrogen-bond acceptors (Lipinski definition) is 6. The number of aryl methyl sites for hydroxylation is 1. The van der Waals surface area contributed by atoms with Crippen LogP contribution in [0, 0.1) is 6.92 Å². The van der Waals surface area contributed by atoms with Gasteiger partial charge in [0.25, 0.3) is 0 Å². The third kappa shape index (κ3) is 3.29. The minimum atomic E-state index is -3.47. The zero-order valence-electron chi connectivity index (χ0n) is 15.4. The van der Waals surface area contributed by atoms with Crippen molar-refractivity contribution >= 4 is 59.2 Å². The fourth-order valence-corrected chi connectivity index (χ4v) is 8.50. The normalized spacial score (nSPS) is 17.2. The standard InChI is InChI=1S/C19H21ClN2O2S3/c1-12-15-10-13(20)4-5-16(15)26-19(12)27(23,24)17-11-22(8-7-21(2)3)18-14(17)6-9-25-18/h4-6,9-10,17H,7-8,11H2,1-3H3. The molecule has 3 aromatic rings. The molecular weight excluding hydrogens is 420 g/mol. The van der Waals surface area contributed by atoms with E-state index in [-0.39, 0.29) is 0 Å². The molecule has 3 heterocycles. The third-order valence-electron chi connectivity index (χ3n) is 5.00. The summed E-state index contributed by atoms with van der Waals surface area (Å²) in [5, 5.41) is 4.13. The predicted molar refractivity (Wildman–Crippen MR) is 117 cm³/mol. The molecule has 0 fully saturated rings. The molecular formula is C19H21ClN2O2S3. The summed E-state index contributed by atoms with van der Waals surface area (Å²) < 4.78 is 28.6. The van der Waals surface area contributed by atoms with E-state index in [1.165, 1.54) is 11.3 Å². The molecule has 144 valence electrons. The fourth-order valence-electron chi connectivity index (χ4n) is 3.54. The van der Waals surface area contributed by atoms with Gasteiger partial charge in [0.15, 0.2) is 9.84 Å². The smallest absolute Gasteiger partial charge is 0.196 e. The lowest BCUT2D eigenvalue weighted by Gasteiger charge is -2.21. The molecule has 0 bridgehead atoms. The van der Waals surface area contributed by atoms with Crippen LogP contribution in [0.1, 0.15) is 16.4 Å². The van der Waals surface area contributed by atoms with Crippen LogP contribution in [-0.4, -0.2) is 47.0 Å². The molecule has 1 aliphatic rings. The SMILES string of the molecule is Cc1c(S(=O)(=O)C2CN(CCN(C)C)c3sccc32)sc2ccc(Cl)cc12. The maximum absolute atomic E-state index is 13.6. The van der Waals surface area contributed by atoms with Gasteiger partial charge in [0, 0.05) is 34.9 Å². The maximum Gasteiger partial charge on any atom is 0.196 e. The molecule has 4 nitrogen and oxygen atoms in total. The Balaban J connectivity index is 1.74. The van der Waals surface area contributed by atoms with E-state index in [0.29, 0.717) is 15.8 Å². The van der Waals surface area contributed by atoms with Crippen LogP contribution in [0.25, 0.3) is 10.1 Å². The number of nitrogens with zero attached hydrogens (tertiary/aromatic N) is 2. The van der Waals surface area contributed by atoms with Crippen molar-refractivity contribution in [1.29, 1.82) is 0 Å². The van der Waals surface area contributed by atoms with E-state index in [0.717, 1.165) is 39.3 Å². The highest BCUT2D eigenvalue weighted by molar-refractivity contribution is 7.94. The topological polar surface area (TPSA) is 40.6 Å². The number of thiophene rings is 2. The maximum atomic E-state index is 13.6. The second kappa shape index (κ2) is 7.04. The van der Waals surface area contributed by atoms with Crippen molar-refractivity contribution in [3.63, 3.8) is 0 Å². The monoisotopic (exact) mass is 440 g/mol. The van der Waals surface area contributed by atoms with Crippen LogP contribution < -0.4 is 4.90 Å². The van der Waals surface area contributed by atoms with Gasteiger partial charge in [0.2, 0.25) is 0 Å². The van der Waals surface area contributed by atoms with Crippen LogP contribution >= 0.6 is 34.3 Å². The van der Waals surface area contributed by atoms with Gasteiger partial charge in [-0.25, -0.2) is 8.42 Å². The first kappa shape index (κ1) is 19.2. The van der Waals surface area contributed by atoms with Crippen molar-refractivity contribution in [3.8, 4) is 0 Å². The van der Waals surface area contributed by atoms with Crippen LogP contribution in [0.4, 0.5) is 5.00 Å². The summed E-state index contributed by atoms with van der Waals surface area (Å²) in [5.41, 5.74) is 1.75. The van der Waals surface area contributed by atoms with E-state index in [2.05, 4.69) is 9.80 Å². The van der Waals surface area contributed by atoms with E-state index >= 15 is 0 Å². The van der Waals surface area contributed by atoms with Crippen molar-refractivity contribution in [2.45, 2.75) is 16.4 Å². The number of sulfone groups is 1. The van der Waals surface area contributed by atoms with Crippen molar-refractivity contribution in [2.75, 3.05) is 38.6 Å². The van der Waals surface area contributed by atoms with Crippen molar-refractivity contribution in [1.82, 2.24) is 4.90 Å². The highest BCUT2D eigenvalue weighted by Crippen LogP contribution is 2.47. The van der Waals surface area contributed by atoms with E-state index < -0.39 is 15.1 Å². The van der Waals surface area contributed by atoms with E-state index in [4.69, 9.17) is 11.6 Å². The molecule has 1 aromatic carbocycles. The highest BCUT2D eigenvalue weighted by Gasteiger charge is 2.41. The Labute approximate surface area is 172 Å². The van der Waals surface area contributed by atoms with Gasteiger partial charge in [-0.05, 0) is 61.6 Å². The molecule has 1 unspecified atom stereocenters. The van der Waals surface area contributed by atoms with Gasteiger partial charge in [0.05, 0.1) is 5.00 Å². The summed E-state index contributed by atoms with van der Waals surface area (Å²) in [7, 11) is 0.594. The van der Waals surface area contributed by atoms with Gasteiger partial charge in [-0.3, -0.25) is 0 Å². The molecule has 8 heteroatoms. The number of hydrogen-bond donors (Lipinski definition) is 0. The van der Waals surface area contributed by atoms with Crippen molar-refractivity contribution < 1.29 is 8.42 Å². The Kier molecular flexibility index (Phi) is 5.01. The first-order valence-corrected chi connectivity index (χ1v) is 12.3. The Morgan fingerprint density at radius 3 is 2.81 bits per heavy atom. The Morgan fingerprint density at radius 2 is 2.07 bits per heavy atom. The summed E-state index contributed by atoms with van der Waals surface area (Å²) in [6.07, 6.45) is 0. The Hall–Kier alpha value is -1.12. The summed E-state index contributed by atoms with van der Waals surface area (Å²) in [5.74, 6) is 0. The van der Waals surface area contributed by atoms with Crippen LogP contribution in [0.15, 0.2) is 33.9 Å². The summed E-state index contributed by atoms with van der Waals surface area (Å²) in [4.78, 5) is 4.33. The first-order chi connectivity index (χ1) is 12.8. The lowest BCUT2D eigenvalue weighted by molar-refractivity contribution is 0.414. The van der Waals surface area contributed by atoms with E-state index in [1.807, 2.05) is 50.7 Å². The summed E-state index contributed by atoms with van der Waals surface area (Å²) in [6, 6.07) is 7.54. The van der Waals surface area contributed by atoms with Gasteiger partial charge < -0.3 is 9.80 Å². The molecule has 0 saturated carbocycles. The van der Waals surface area contributed by atoms with Crippen molar-refractivity contribution in [3.05, 3.63) is 45.8 Å². The number of halogens is 1. The van der Waals surface area contributed by atoms with E-state index in [9.17, 15) is 8.42 Å². The number of benzene rings is 1. The van der Waals surface area contributed by atoms with Crippen molar-refractivity contribution in [2.24, 2.45) is 0 Å². The quantitative estimate of drug-likeness (QED) is 0.570. The molecule has 4 rings (SSSR count). The Morgan fingerprint density at radius 1 is 1.30 bits per heavy atom. The lowest BCUT2D eigenvalue weighted by Crippen LogP contribution is -2.31. The first-order valence-electron chi connectivity index (χ1n) is 8.68. The van der Waals surface area contributed by atoms with Gasteiger partial charge in [-0.2, -0.15) is 0 Å². The number of fused-ring (bicyclic) bond motifs is 2. The second-order valence-electron chi connectivity index (χ2n) is 7.12. The molecule has 0 radical (unpaired) electrons. The summed E-state index contributed by atoms with van der Waals surface area (Å²) in [6.45, 7) is 4.13. The van der Waals surface area contributed by atoms with Crippen LogP contribution in [-0.2, 0) is 9.84 Å². The number of anilines is 1. The molecule has 27 heavy (non-hydrogen) atoms. The number of likely N-dealkylation sites (N-methyl/N-ethyl adjacent to an activating group) is 1. The predicted octanol–water partition coefficient (Wildman–Crippen LogP) is 4.82. The zero-order valence-corrected chi connectivity index (χ0v) is 18.6. The molecule has 0 spiro atoms. The molecule has 2 aromatic heterocycles. The van der Waals surface area contributed by atoms with Crippen LogP contribution in [0.2, 0.25) is 5.02 Å². The molecule has 0 aliphatic carbocycles. The van der Waals surface area contributed by atoms with Crippen LogP contribution in [0.3, 0.4) is 0 Å². The van der Waals surface area contributed by atoms with Gasteiger partial charge >= 0.3 is 0 Å². The van der Waals surface area contributed by atoms with Gasteiger partial charge in [-0.15, -0.1) is 22.7 Å². The molecule has 0 saturated heterocycles. The minimum absolute atomic E-state index is 0.469. The minimum Gasteiger partial charge on any atom is -0.360 e. The van der Waals surface area contributed by atoms with Crippen LogP contribution in [0.5, 0.6) is 0 Å². The van der Waals surface area contributed by atoms with Gasteiger partial charge in [0.1, 0.15) is 9.46 Å². The average molecular weight is 441 g/mol. The summed E-state index contributed by atoms with van der Waals surface area (Å²) >= 11 is 9.10. The fraction of sp³-hybridized carbons (Fsp3) is 0.368. The lowest BCUT2D eigenvalue weighted by atomic mass is 10.2. The second-order valence-corrected chi connectivity index (χ2v) is 11.8. The largest absolute Gasteiger partial charge is 0.360 e. The molecule has 0 amide bonds. The molecule has 0 N–H and O–H groups in total. The Bertz CT molecular complexity index is 1100. The van der Waals surface area contributed by atoms with E-state index in [1.54, 1.807) is 11.3 Å². The third-order valence-corrected chi connectivity index (χ3v) is 10.2. The number of rotatable bonds is 5. The molecule has 1 atom stereocenters. The van der Waals surface area contributed by atoms with Gasteiger partial charge in [-0.1, -0.05) is 11.6 Å². The highest BCUT2D eigenvalue weighted by atomic mass is 35.5. The molecule has 1 aliphatic heterocycles. The average Bonchev–Trinajstić information content (AvgIpc) is 3.28. The zero-order chi connectivity index (χ0) is 19.3.